The first-order chi connectivity index (χ1) is 6.81. The normalized spacial score (nSPS) is 27.2. The maximum absolute atomic E-state index is 11.6. The second kappa shape index (κ2) is 4.16. The lowest BCUT2D eigenvalue weighted by molar-refractivity contribution is -0.121. The highest BCUT2D eigenvalue weighted by atomic mass is 16.5. The van der Waals surface area contributed by atoms with Gasteiger partial charge in [0.05, 0.1) is 6.10 Å². The largest absolute Gasteiger partial charge is 0.487 e. The van der Waals surface area contributed by atoms with E-state index in [0.717, 1.165) is 44.3 Å². The molecular formula is C12H18O2. The molecule has 2 heteroatoms. The molecule has 2 nitrogen and oxygen atoms in total. The molecule has 1 aliphatic heterocycles. The van der Waals surface area contributed by atoms with Crippen molar-refractivity contribution in [3.63, 3.8) is 0 Å². The second-order valence-electron chi connectivity index (χ2n) is 4.28. The number of allylic oxidation sites excluding steroid dienone is 2. The van der Waals surface area contributed by atoms with Crippen molar-refractivity contribution in [3.8, 4) is 0 Å². The predicted octanol–water partition coefficient (Wildman–Crippen LogP) is 2.97. The third-order valence-electron chi connectivity index (χ3n) is 3.12. The topological polar surface area (TPSA) is 26.3 Å². The Morgan fingerprint density at radius 3 is 3.00 bits per heavy atom. The number of ether oxygens (including phenoxy) is 1. The first-order valence-corrected chi connectivity index (χ1v) is 5.73. The average Bonchev–Trinajstić information content (AvgIpc) is 2.20. The molecule has 1 heterocycles. The monoisotopic (exact) mass is 194 g/mol. The van der Waals surface area contributed by atoms with Crippen LogP contribution in [0.1, 0.15) is 51.9 Å². The van der Waals surface area contributed by atoms with Crippen molar-refractivity contribution in [2.75, 3.05) is 0 Å². The summed E-state index contributed by atoms with van der Waals surface area (Å²) in [4.78, 5) is 11.6. The molecule has 0 saturated carbocycles. The minimum Gasteiger partial charge on any atom is -0.487 e. The van der Waals surface area contributed by atoms with E-state index in [9.17, 15) is 4.79 Å². The number of carbonyl (C=O) groups is 1. The standard InChI is InChI=1S/C12H18O2/c1-2-4-10-8-7-9-5-3-6-11(13)12(9)14-10/h10H,2-8H2,1H3. The van der Waals surface area contributed by atoms with E-state index in [4.69, 9.17) is 4.74 Å². The molecule has 0 N–H and O–H groups in total. The summed E-state index contributed by atoms with van der Waals surface area (Å²) in [5.74, 6) is 0.980. The first kappa shape index (κ1) is 9.75. The molecule has 0 spiro atoms. The van der Waals surface area contributed by atoms with E-state index in [0.29, 0.717) is 12.5 Å². The second-order valence-corrected chi connectivity index (χ2v) is 4.28. The van der Waals surface area contributed by atoms with E-state index in [1.165, 1.54) is 5.57 Å². The van der Waals surface area contributed by atoms with Gasteiger partial charge >= 0.3 is 0 Å². The third-order valence-corrected chi connectivity index (χ3v) is 3.12. The summed E-state index contributed by atoms with van der Waals surface area (Å²) in [6.45, 7) is 2.16. The number of hydrogen-bond donors (Lipinski definition) is 0. The van der Waals surface area contributed by atoms with Crippen molar-refractivity contribution in [3.05, 3.63) is 11.3 Å². The van der Waals surface area contributed by atoms with Crippen LogP contribution >= 0.6 is 0 Å². The van der Waals surface area contributed by atoms with Gasteiger partial charge in [0.2, 0.25) is 0 Å². The number of ketones is 1. The van der Waals surface area contributed by atoms with Crippen molar-refractivity contribution < 1.29 is 9.53 Å². The SMILES string of the molecule is CCCC1CCC2=C(O1)C(=O)CCC2. The lowest BCUT2D eigenvalue weighted by Crippen LogP contribution is -2.25. The fourth-order valence-corrected chi connectivity index (χ4v) is 2.36. The van der Waals surface area contributed by atoms with Crippen LogP contribution in [0.15, 0.2) is 11.3 Å². The first-order valence-electron chi connectivity index (χ1n) is 5.73. The molecule has 0 saturated heterocycles. The van der Waals surface area contributed by atoms with Crippen LogP contribution in [0.25, 0.3) is 0 Å². The van der Waals surface area contributed by atoms with E-state index in [2.05, 4.69) is 6.92 Å². The Morgan fingerprint density at radius 2 is 2.21 bits per heavy atom. The Kier molecular flexibility index (Phi) is 2.90. The lowest BCUT2D eigenvalue weighted by Gasteiger charge is -2.30. The Balaban J connectivity index is 2.08. The molecule has 0 aromatic carbocycles. The van der Waals surface area contributed by atoms with Gasteiger partial charge < -0.3 is 4.74 Å². The molecule has 0 aromatic rings. The summed E-state index contributed by atoms with van der Waals surface area (Å²) >= 11 is 0. The Bertz CT molecular complexity index is 265. The third kappa shape index (κ3) is 1.84. The molecule has 0 amide bonds. The van der Waals surface area contributed by atoms with Crippen molar-refractivity contribution in [1.82, 2.24) is 0 Å². The zero-order valence-corrected chi connectivity index (χ0v) is 8.84. The molecule has 0 radical (unpaired) electrons. The molecule has 14 heavy (non-hydrogen) atoms. The Hall–Kier alpha value is -0.790. The van der Waals surface area contributed by atoms with E-state index in [1.807, 2.05) is 0 Å². The van der Waals surface area contributed by atoms with Gasteiger partial charge in [0.15, 0.2) is 11.5 Å². The van der Waals surface area contributed by atoms with Crippen LogP contribution in [-0.2, 0) is 9.53 Å². The molecule has 0 aromatic heterocycles. The van der Waals surface area contributed by atoms with Gasteiger partial charge in [0.1, 0.15) is 0 Å². The summed E-state index contributed by atoms with van der Waals surface area (Å²) < 4.78 is 5.77. The number of Topliss-reactive ketones (excluding diaryl/α,β-unsaturated/α-hetero) is 1. The molecule has 0 bridgehead atoms. The maximum atomic E-state index is 11.6. The highest BCUT2D eigenvalue weighted by Gasteiger charge is 2.28. The van der Waals surface area contributed by atoms with Crippen molar-refractivity contribution in [2.45, 2.75) is 58.0 Å². The molecule has 2 aliphatic rings. The minimum absolute atomic E-state index is 0.243. The molecular weight excluding hydrogens is 176 g/mol. The van der Waals surface area contributed by atoms with Crippen LogP contribution in [0.3, 0.4) is 0 Å². The summed E-state index contributed by atoms with van der Waals surface area (Å²) in [6.07, 6.45) is 7.54. The molecule has 1 unspecified atom stereocenters. The molecule has 78 valence electrons. The molecule has 0 fully saturated rings. The van der Waals surface area contributed by atoms with Gasteiger partial charge in [-0.3, -0.25) is 4.79 Å². The van der Waals surface area contributed by atoms with Crippen molar-refractivity contribution in [1.29, 1.82) is 0 Å². The average molecular weight is 194 g/mol. The van der Waals surface area contributed by atoms with Gasteiger partial charge in [0.25, 0.3) is 0 Å². The molecule has 2 rings (SSSR count). The summed E-state index contributed by atoms with van der Waals surface area (Å²) in [5, 5.41) is 0. The van der Waals surface area contributed by atoms with Crippen LogP contribution in [0.5, 0.6) is 0 Å². The van der Waals surface area contributed by atoms with Gasteiger partial charge in [0, 0.05) is 6.42 Å². The lowest BCUT2D eigenvalue weighted by atomic mass is 9.89. The highest BCUT2D eigenvalue weighted by molar-refractivity contribution is 5.95. The van der Waals surface area contributed by atoms with Crippen molar-refractivity contribution >= 4 is 5.78 Å². The van der Waals surface area contributed by atoms with E-state index >= 15 is 0 Å². The van der Waals surface area contributed by atoms with Gasteiger partial charge in [-0.2, -0.15) is 0 Å². The molecule has 1 atom stereocenters. The number of hydrogen-bond acceptors (Lipinski definition) is 2. The summed E-state index contributed by atoms with van der Waals surface area (Å²) in [6, 6.07) is 0. The Labute approximate surface area is 85.3 Å². The fraction of sp³-hybridized carbons (Fsp3) is 0.750. The zero-order valence-electron chi connectivity index (χ0n) is 8.84. The predicted molar refractivity (Wildman–Crippen MR) is 54.9 cm³/mol. The van der Waals surface area contributed by atoms with E-state index in [-0.39, 0.29) is 5.78 Å². The van der Waals surface area contributed by atoms with Gasteiger partial charge in [-0.15, -0.1) is 0 Å². The minimum atomic E-state index is 0.243. The van der Waals surface area contributed by atoms with Gasteiger partial charge in [-0.1, -0.05) is 13.3 Å². The van der Waals surface area contributed by atoms with E-state index < -0.39 is 0 Å². The maximum Gasteiger partial charge on any atom is 0.197 e. The fourth-order valence-electron chi connectivity index (χ4n) is 2.36. The van der Waals surface area contributed by atoms with Crippen molar-refractivity contribution in [2.24, 2.45) is 0 Å². The summed E-state index contributed by atoms with van der Waals surface area (Å²) in [5.41, 5.74) is 1.29. The highest BCUT2D eigenvalue weighted by Crippen LogP contribution is 2.33. The smallest absolute Gasteiger partial charge is 0.197 e. The van der Waals surface area contributed by atoms with Gasteiger partial charge in [-0.25, -0.2) is 0 Å². The zero-order chi connectivity index (χ0) is 9.97. The van der Waals surface area contributed by atoms with Crippen LogP contribution in [0.4, 0.5) is 0 Å². The quantitative estimate of drug-likeness (QED) is 0.675. The van der Waals surface area contributed by atoms with Crippen LogP contribution in [0.2, 0.25) is 0 Å². The van der Waals surface area contributed by atoms with Crippen LogP contribution < -0.4 is 0 Å². The van der Waals surface area contributed by atoms with Gasteiger partial charge in [-0.05, 0) is 37.7 Å². The number of carbonyl (C=O) groups excluding carboxylic acids is 1. The number of rotatable bonds is 2. The van der Waals surface area contributed by atoms with Crippen LogP contribution in [-0.4, -0.2) is 11.9 Å². The summed E-state index contributed by atoms with van der Waals surface area (Å²) in [7, 11) is 0. The Morgan fingerprint density at radius 1 is 1.36 bits per heavy atom. The van der Waals surface area contributed by atoms with E-state index in [1.54, 1.807) is 0 Å². The molecule has 1 aliphatic carbocycles. The van der Waals surface area contributed by atoms with Crippen LogP contribution in [0, 0.1) is 0 Å².